The number of thiocarbonyl (C=S) groups is 1. The molecule has 0 radical (unpaired) electrons. The molecule has 3 rings (SSSR count). The van der Waals surface area contributed by atoms with Gasteiger partial charge in [-0.3, -0.25) is 10.1 Å². The minimum absolute atomic E-state index is 0.0227. The van der Waals surface area contributed by atoms with Gasteiger partial charge in [0.2, 0.25) is 0 Å². The predicted octanol–water partition coefficient (Wildman–Crippen LogP) is 4.84. The Balaban J connectivity index is 1.71. The third-order valence-corrected chi connectivity index (χ3v) is 6.28. The SMILES string of the molecule is CCOC(=O)c1c(NC(=S)NC(=O)c2ccc(C(C)(C)C)cc2)sc2c1CCC2. The molecule has 0 fully saturated rings. The van der Waals surface area contributed by atoms with Crippen molar-refractivity contribution in [2.75, 3.05) is 11.9 Å². The summed E-state index contributed by atoms with van der Waals surface area (Å²) < 4.78 is 5.22. The molecule has 1 aliphatic rings. The zero-order valence-corrected chi connectivity index (χ0v) is 18.8. The smallest absolute Gasteiger partial charge is 0.341 e. The summed E-state index contributed by atoms with van der Waals surface area (Å²) in [5, 5.41) is 6.54. The van der Waals surface area contributed by atoms with E-state index in [9.17, 15) is 9.59 Å². The molecule has 1 heterocycles. The molecule has 0 saturated carbocycles. The summed E-state index contributed by atoms with van der Waals surface area (Å²) in [6.45, 7) is 8.48. The number of fused-ring (bicyclic) bond motifs is 1. The number of carbonyl (C=O) groups is 2. The van der Waals surface area contributed by atoms with Crippen LogP contribution in [0.5, 0.6) is 0 Å². The minimum atomic E-state index is -0.346. The van der Waals surface area contributed by atoms with Crippen LogP contribution >= 0.6 is 23.6 Å². The second kappa shape index (κ2) is 8.63. The summed E-state index contributed by atoms with van der Waals surface area (Å²) in [7, 11) is 0. The van der Waals surface area contributed by atoms with Crippen molar-refractivity contribution in [3.05, 3.63) is 51.4 Å². The minimum Gasteiger partial charge on any atom is -0.462 e. The van der Waals surface area contributed by atoms with Gasteiger partial charge in [0.25, 0.3) is 5.91 Å². The van der Waals surface area contributed by atoms with Crippen molar-refractivity contribution in [2.45, 2.75) is 52.4 Å². The quantitative estimate of drug-likeness (QED) is 0.537. The third kappa shape index (κ3) is 4.85. The Kier molecular flexibility index (Phi) is 6.39. The number of hydrogen-bond donors (Lipinski definition) is 2. The first kappa shape index (κ1) is 21.5. The van der Waals surface area contributed by atoms with Gasteiger partial charge in [-0.05, 0) is 67.1 Å². The number of amides is 1. The van der Waals surface area contributed by atoms with E-state index < -0.39 is 0 Å². The maximum atomic E-state index is 12.5. The van der Waals surface area contributed by atoms with Crippen molar-refractivity contribution in [1.29, 1.82) is 0 Å². The number of thiophene rings is 1. The maximum Gasteiger partial charge on any atom is 0.341 e. The first-order chi connectivity index (χ1) is 13.7. The normalized spacial score (nSPS) is 13.0. The molecule has 0 bridgehead atoms. The zero-order chi connectivity index (χ0) is 21.2. The number of ether oxygens (including phenoxy) is 1. The van der Waals surface area contributed by atoms with Gasteiger partial charge in [-0.15, -0.1) is 11.3 Å². The van der Waals surface area contributed by atoms with Gasteiger partial charge in [0, 0.05) is 10.4 Å². The molecule has 5 nitrogen and oxygen atoms in total. The van der Waals surface area contributed by atoms with E-state index in [0.717, 1.165) is 30.4 Å². The first-order valence-electron chi connectivity index (χ1n) is 9.75. The fraction of sp³-hybridized carbons (Fsp3) is 0.409. The summed E-state index contributed by atoms with van der Waals surface area (Å²) in [6, 6.07) is 7.49. The topological polar surface area (TPSA) is 67.4 Å². The van der Waals surface area contributed by atoms with Gasteiger partial charge in [-0.25, -0.2) is 4.79 Å². The summed E-state index contributed by atoms with van der Waals surface area (Å²) in [6.07, 6.45) is 2.85. The lowest BCUT2D eigenvalue weighted by atomic mass is 9.87. The van der Waals surface area contributed by atoms with E-state index in [-0.39, 0.29) is 22.4 Å². The van der Waals surface area contributed by atoms with E-state index >= 15 is 0 Å². The van der Waals surface area contributed by atoms with Crippen LogP contribution in [0.15, 0.2) is 24.3 Å². The lowest BCUT2D eigenvalue weighted by molar-refractivity contribution is 0.0527. The zero-order valence-electron chi connectivity index (χ0n) is 17.2. The lowest BCUT2D eigenvalue weighted by Gasteiger charge is -2.19. The number of carbonyl (C=O) groups excluding carboxylic acids is 2. The predicted molar refractivity (Wildman–Crippen MR) is 121 cm³/mol. The molecule has 0 saturated heterocycles. The third-order valence-electron chi connectivity index (χ3n) is 4.87. The Hall–Kier alpha value is -2.25. The van der Waals surface area contributed by atoms with Crippen molar-refractivity contribution in [2.24, 2.45) is 0 Å². The van der Waals surface area contributed by atoms with E-state index in [2.05, 4.69) is 31.4 Å². The molecule has 0 spiro atoms. The van der Waals surface area contributed by atoms with Crippen LogP contribution in [0.1, 0.15) is 70.8 Å². The van der Waals surface area contributed by atoms with Gasteiger partial charge in [-0.2, -0.15) is 0 Å². The molecule has 2 N–H and O–H groups in total. The lowest BCUT2D eigenvalue weighted by Crippen LogP contribution is -2.34. The van der Waals surface area contributed by atoms with Crippen molar-refractivity contribution in [1.82, 2.24) is 5.32 Å². The van der Waals surface area contributed by atoms with Gasteiger partial charge < -0.3 is 10.1 Å². The van der Waals surface area contributed by atoms with Crippen LogP contribution in [0, 0.1) is 0 Å². The fourth-order valence-electron chi connectivity index (χ4n) is 3.34. The number of esters is 1. The van der Waals surface area contributed by atoms with Crippen LogP contribution in [0.4, 0.5) is 5.00 Å². The highest BCUT2D eigenvalue weighted by Crippen LogP contribution is 2.39. The summed E-state index contributed by atoms with van der Waals surface area (Å²) in [5.74, 6) is -0.633. The monoisotopic (exact) mass is 430 g/mol. The Bertz CT molecular complexity index is 940. The van der Waals surface area contributed by atoms with E-state index in [0.29, 0.717) is 22.7 Å². The number of benzene rings is 1. The fourth-order valence-corrected chi connectivity index (χ4v) is 4.88. The van der Waals surface area contributed by atoms with Gasteiger partial charge in [0.05, 0.1) is 12.2 Å². The van der Waals surface area contributed by atoms with Crippen LogP contribution < -0.4 is 10.6 Å². The molecular weight excluding hydrogens is 404 g/mol. The number of rotatable bonds is 4. The second-order valence-electron chi connectivity index (χ2n) is 8.02. The van der Waals surface area contributed by atoms with Crippen LogP contribution in [0.2, 0.25) is 0 Å². The van der Waals surface area contributed by atoms with Crippen molar-refractivity contribution in [3.63, 3.8) is 0 Å². The van der Waals surface area contributed by atoms with Crippen LogP contribution in [-0.2, 0) is 23.0 Å². The highest BCUT2D eigenvalue weighted by atomic mass is 32.1. The maximum absolute atomic E-state index is 12.5. The molecule has 0 unspecified atom stereocenters. The van der Waals surface area contributed by atoms with Gasteiger partial charge in [-0.1, -0.05) is 32.9 Å². The highest BCUT2D eigenvalue weighted by Gasteiger charge is 2.28. The second-order valence-corrected chi connectivity index (χ2v) is 9.53. The van der Waals surface area contributed by atoms with Crippen LogP contribution in [0.25, 0.3) is 0 Å². The number of aryl methyl sites for hydroxylation is 1. The van der Waals surface area contributed by atoms with Crippen molar-refractivity contribution in [3.8, 4) is 0 Å². The molecule has 7 heteroatoms. The largest absolute Gasteiger partial charge is 0.462 e. The number of anilines is 1. The molecule has 1 aromatic heterocycles. The number of nitrogens with one attached hydrogen (secondary N) is 2. The molecule has 1 aliphatic carbocycles. The molecule has 29 heavy (non-hydrogen) atoms. The first-order valence-corrected chi connectivity index (χ1v) is 11.0. The summed E-state index contributed by atoms with van der Waals surface area (Å²) >= 11 is 6.83. The van der Waals surface area contributed by atoms with E-state index in [4.69, 9.17) is 17.0 Å². The van der Waals surface area contributed by atoms with Crippen molar-refractivity contribution < 1.29 is 14.3 Å². The van der Waals surface area contributed by atoms with Crippen molar-refractivity contribution >= 4 is 45.5 Å². The van der Waals surface area contributed by atoms with Gasteiger partial charge in [0.15, 0.2) is 5.11 Å². The van der Waals surface area contributed by atoms with E-state index in [1.807, 2.05) is 12.1 Å². The van der Waals surface area contributed by atoms with E-state index in [1.54, 1.807) is 19.1 Å². The van der Waals surface area contributed by atoms with Gasteiger partial charge >= 0.3 is 5.97 Å². The average Bonchev–Trinajstić information content (AvgIpc) is 3.21. The molecule has 154 valence electrons. The summed E-state index contributed by atoms with van der Waals surface area (Å²) in [5.41, 5.74) is 3.30. The Morgan fingerprint density at radius 1 is 1.17 bits per heavy atom. The van der Waals surface area contributed by atoms with Crippen LogP contribution in [0.3, 0.4) is 0 Å². The summed E-state index contributed by atoms with van der Waals surface area (Å²) in [4.78, 5) is 26.2. The highest BCUT2D eigenvalue weighted by molar-refractivity contribution is 7.80. The average molecular weight is 431 g/mol. The Labute approximate surface area is 180 Å². The number of hydrogen-bond acceptors (Lipinski definition) is 5. The standard InChI is InChI=1S/C22H26N2O3S2/c1-5-27-20(26)17-15-7-6-8-16(15)29-19(17)24-21(28)23-18(25)13-9-11-14(12-10-13)22(2,3)4/h9-12H,5-8H2,1-4H3,(H2,23,24,25,28). The molecule has 1 amide bonds. The molecule has 1 aromatic carbocycles. The Morgan fingerprint density at radius 3 is 2.48 bits per heavy atom. The molecular formula is C22H26N2O3S2. The van der Waals surface area contributed by atoms with Gasteiger partial charge in [0.1, 0.15) is 5.00 Å². The molecule has 0 atom stereocenters. The molecule has 0 aliphatic heterocycles. The van der Waals surface area contributed by atoms with E-state index in [1.165, 1.54) is 16.2 Å². The Morgan fingerprint density at radius 2 is 1.86 bits per heavy atom. The van der Waals surface area contributed by atoms with Crippen LogP contribution in [-0.4, -0.2) is 23.6 Å². The molecule has 2 aromatic rings.